The van der Waals surface area contributed by atoms with Gasteiger partial charge >= 0.3 is 0 Å². The Morgan fingerprint density at radius 3 is 2.92 bits per heavy atom. The standard InChI is InChI=1S/C18H20N4O2S/c1-12-10-19-18(25-12)20-17(23)15-6-4-5-14(9-15)11-22(3)13(2)16-7-8-24-21-16/h4-10,13H,11H2,1-3H3,(H,19,20,23)/t13-/m0/s1. The number of nitrogens with zero attached hydrogens (tertiary/aromatic N) is 3. The molecule has 1 aromatic carbocycles. The number of anilines is 1. The number of aromatic nitrogens is 2. The second-order valence-corrected chi connectivity index (χ2v) is 7.18. The van der Waals surface area contributed by atoms with Gasteiger partial charge in [0.2, 0.25) is 0 Å². The summed E-state index contributed by atoms with van der Waals surface area (Å²) in [7, 11) is 2.02. The van der Waals surface area contributed by atoms with E-state index in [1.165, 1.54) is 11.3 Å². The third-order valence-corrected chi connectivity index (χ3v) is 4.84. The zero-order valence-electron chi connectivity index (χ0n) is 14.4. The number of carbonyl (C=O) groups is 1. The second-order valence-electron chi connectivity index (χ2n) is 5.95. The third kappa shape index (κ3) is 4.32. The van der Waals surface area contributed by atoms with E-state index < -0.39 is 0 Å². The maximum Gasteiger partial charge on any atom is 0.257 e. The number of nitrogens with one attached hydrogen (secondary N) is 1. The Kier molecular flexibility index (Phi) is 5.25. The SMILES string of the molecule is Cc1cnc(NC(=O)c2cccc(CN(C)[C@@H](C)c3ccon3)c2)s1. The van der Waals surface area contributed by atoms with Gasteiger partial charge in [0.15, 0.2) is 5.13 Å². The van der Waals surface area contributed by atoms with E-state index in [4.69, 9.17) is 4.52 Å². The van der Waals surface area contributed by atoms with Crippen LogP contribution in [-0.4, -0.2) is 28.0 Å². The van der Waals surface area contributed by atoms with Gasteiger partial charge in [-0.05, 0) is 38.6 Å². The molecule has 1 atom stereocenters. The highest BCUT2D eigenvalue weighted by Crippen LogP contribution is 2.20. The molecule has 25 heavy (non-hydrogen) atoms. The van der Waals surface area contributed by atoms with Gasteiger partial charge in [-0.2, -0.15) is 0 Å². The minimum atomic E-state index is -0.150. The summed E-state index contributed by atoms with van der Waals surface area (Å²) < 4.78 is 4.91. The molecule has 3 rings (SSSR count). The normalized spacial score (nSPS) is 12.3. The summed E-state index contributed by atoms with van der Waals surface area (Å²) >= 11 is 1.46. The third-order valence-electron chi connectivity index (χ3n) is 4.01. The molecule has 0 bridgehead atoms. The van der Waals surface area contributed by atoms with E-state index >= 15 is 0 Å². The Hall–Kier alpha value is -2.51. The predicted octanol–water partition coefficient (Wildman–Crippen LogP) is 3.88. The number of benzene rings is 1. The van der Waals surface area contributed by atoms with Gasteiger partial charge in [0.25, 0.3) is 5.91 Å². The van der Waals surface area contributed by atoms with Gasteiger partial charge in [-0.1, -0.05) is 17.3 Å². The van der Waals surface area contributed by atoms with E-state index in [9.17, 15) is 4.79 Å². The van der Waals surface area contributed by atoms with Crippen molar-refractivity contribution < 1.29 is 9.32 Å². The zero-order valence-corrected chi connectivity index (χ0v) is 15.2. The summed E-state index contributed by atoms with van der Waals surface area (Å²) in [4.78, 5) is 19.8. The molecule has 130 valence electrons. The first-order valence-electron chi connectivity index (χ1n) is 7.96. The Morgan fingerprint density at radius 1 is 1.40 bits per heavy atom. The largest absolute Gasteiger partial charge is 0.364 e. The molecule has 0 radical (unpaired) electrons. The van der Waals surface area contributed by atoms with Gasteiger partial charge in [0.1, 0.15) is 12.0 Å². The Bertz CT molecular complexity index is 844. The lowest BCUT2D eigenvalue weighted by Gasteiger charge is -2.23. The number of amides is 1. The molecular weight excluding hydrogens is 336 g/mol. The fourth-order valence-electron chi connectivity index (χ4n) is 2.48. The molecule has 6 nitrogen and oxygen atoms in total. The van der Waals surface area contributed by atoms with Crippen molar-refractivity contribution in [2.75, 3.05) is 12.4 Å². The lowest BCUT2D eigenvalue weighted by atomic mass is 10.1. The van der Waals surface area contributed by atoms with Crippen molar-refractivity contribution in [1.29, 1.82) is 0 Å². The van der Waals surface area contributed by atoms with Crippen molar-refractivity contribution in [2.24, 2.45) is 0 Å². The fourth-order valence-corrected chi connectivity index (χ4v) is 3.14. The van der Waals surface area contributed by atoms with Crippen molar-refractivity contribution in [1.82, 2.24) is 15.0 Å². The molecule has 0 saturated heterocycles. The van der Waals surface area contributed by atoms with Crippen LogP contribution in [0.4, 0.5) is 5.13 Å². The first-order valence-corrected chi connectivity index (χ1v) is 8.78. The van der Waals surface area contributed by atoms with E-state index in [2.05, 4.69) is 27.3 Å². The van der Waals surface area contributed by atoms with Crippen LogP contribution in [0, 0.1) is 6.92 Å². The maximum absolute atomic E-state index is 12.4. The first kappa shape index (κ1) is 17.3. The van der Waals surface area contributed by atoms with Crippen LogP contribution in [0.25, 0.3) is 0 Å². The number of thiazole rings is 1. The quantitative estimate of drug-likeness (QED) is 0.725. The van der Waals surface area contributed by atoms with Gasteiger partial charge in [-0.25, -0.2) is 4.98 Å². The number of aryl methyl sites for hydroxylation is 1. The lowest BCUT2D eigenvalue weighted by molar-refractivity contribution is 0.102. The van der Waals surface area contributed by atoms with Crippen molar-refractivity contribution in [3.05, 3.63) is 64.5 Å². The average molecular weight is 356 g/mol. The van der Waals surface area contributed by atoms with Crippen LogP contribution in [0.5, 0.6) is 0 Å². The molecule has 7 heteroatoms. The highest BCUT2D eigenvalue weighted by molar-refractivity contribution is 7.15. The smallest absolute Gasteiger partial charge is 0.257 e. The number of hydrogen-bond donors (Lipinski definition) is 1. The average Bonchev–Trinajstić information content (AvgIpc) is 3.26. The van der Waals surface area contributed by atoms with Crippen LogP contribution in [0.3, 0.4) is 0 Å². The van der Waals surface area contributed by atoms with Crippen LogP contribution in [-0.2, 0) is 6.54 Å². The molecular formula is C18H20N4O2S. The molecule has 0 spiro atoms. The van der Waals surface area contributed by atoms with E-state index in [1.807, 2.05) is 38.2 Å². The molecule has 1 N–H and O–H groups in total. The maximum atomic E-state index is 12.4. The molecule has 0 saturated carbocycles. The monoisotopic (exact) mass is 356 g/mol. The topological polar surface area (TPSA) is 71.3 Å². The fraction of sp³-hybridized carbons (Fsp3) is 0.278. The van der Waals surface area contributed by atoms with Gasteiger partial charge < -0.3 is 4.52 Å². The van der Waals surface area contributed by atoms with Crippen molar-refractivity contribution >= 4 is 22.4 Å². The Labute approximate surface area is 150 Å². The molecule has 0 aliphatic rings. The summed E-state index contributed by atoms with van der Waals surface area (Å²) in [5.41, 5.74) is 2.56. The molecule has 3 aromatic rings. The minimum Gasteiger partial charge on any atom is -0.364 e. The number of carbonyl (C=O) groups excluding carboxylic acids is 1. The molecule has 0 fully saturated rings. The van der Waals surface area contributed by atoms with E-state index in [-0.39, 0.29) is 11.9 Å². The van der Waals surface area contributed by atoms with Gasteiger partial charge in [-0.15, -0.1) is 11.3 Å². The number of rotatable bonds is 6. The van der Waals surface area contributed by atoms with Crippen LogP contribution in [0.1, 0.15) is 39.5 Å². The van der Waals surface area contributed by atoms with E-state index in [0.29, 0.717) is 17.2 Å². The summed E-state index contributed by atoms with van der Waals surface area (Å²) in [5.74, 6) is -0.150. The molecule has 2 aromatic heterocycles. The minimum absolute atomic E-state index is 0.120. The summed E-state index contributed by atoms with van der Waals surface area (Å²) in [5, 5.41) is 7.44. The van der Waals surface area contributed by atoms with Gasteiger partial charge in [-0.3, -0.25) is 15.0 Å². The van der Waals surface area contributed by atoms with Crippen LogP contribution >= 0.6 is 11.3 Å². The summed E-state index contributed by atoms with van der Waals surface area (Å²) in [6.07, 6.45) is 3.32. The Balaban J connectivity index is 1.67. The van der Waals surface area contributed by atoms with Crippen molar-refractivity contribution in [3.63, 3.8) is 0 Å². The Morgan fingerprint density at radius 2 is 2.24 bits per heavy atom. The van der Waals surface area contributed by atoms with Gasteiger partial charge in [0.05, 0.1) is 6.04 Å². The van der Waals surface area contributed by atoms with Crippen molar-refractivity contribution in [3.8, 4) is 0 Å². The van der Waals surface area contributed by atoms with E-state index in [0.717, 1.165) is 16.1 Å². The second kappa shape index (κ2) is 7.58. The van der Waals surface area contributed by atoms with Crippen LogP contribution in [0.2, 0.25) is 0 Å². The summed E-state index contributed by atoms with van der Waals surface area (Å²) in [6.45, 7) is 4.73. The molecule has 1 amide bonds. The highest BCUT2D eigenvalue weighted by atomic mass is 32.1. The zero-order chi connectivity index (χ0) is 17.8. The molecule has 2 heterocycles. The predicted molar refractivity (Wildman–Crippen MR) is 97.6 cm³/mol. The molecule has 0 unspecified atom stereocenters. The van der Waals surface area contributed by atoms with Crippen LogP contribution < -0.4 is 5.32 Å². The molecule has 0 aliphatic carbocycles. The lowest BCUT2D eigenvalue weighted by Crippen LogP contribution is -2.22. The van der Waals surface area contributed by atoms with Gasteiger partial charge in [0, 0.05) is 29.2 Å². The van der Waals surface area contributed by atoms with Crippen LogP contribution in [0.15, 0.2) is 47.3 Å². The highest BCUT2D eigenvalue weighted by Gasteiger charge is 2.15. The number of hydrogen-bond acceptors (Lipinski definition) is 6. The summed E-state index contributed by atoms with van der Waals surface area (Å²) in [6, 6.07) is 9.60. The van der Waals surface area contributed by atoms with Crippen molar-refractivity contribution in [2.45, 2.75) is 26.4 Å². The first-order chi connectivity index (χ1) is 12.0. The van der Waals surface area contributed by atoms with E-state index in [1.54, 1.807) is 18.5 Å². The molecule has 0 aliphatic heterocycles.